The lowest BCUT2D eigenvalue weighted by Crippen LogP contribution is -2.54. The Morgan fingerprint density at radius 2 is 1.58 bits per heavy atom. The van der Waals surface area contributed by atoms with E-state index in [9.17, 15) is 37.5 Å². The Bertz CT molecular complexity index is 3000. The van der Waals surface area contributed by atoms with Crippen LogP contribution < -0.4 is 37.7 Å². The van der Waals surface area contributed by atoms with E-state index in [-0.39, 0.29) is 48.4 Å². The van der Waals surface area contributed by atoms with Crippen molar-refractivity contribution in [1.82, 2.24) is 30.3 Å². The molecule has 0 saturated carbocycles. The van der Waals surface area contributed by atoms with Crippen molar-refractivity contribution in [3.05, 3.63) is 124 Å². The summed E-state index contributed by atoms with van der Waals surface area (Å²) in [5, 5.41) is 21.5. The van der Waals surface area contributed by atoms with Gasteiger partial charge in [-0.2, -0.15) is 5.10 Å². The van der Waals surface area contributed by atoms with Gasteiger partial charge in [-0.05, 0) is 104 Å². The van der Waals surface area contributed by atoms with Crippen molar-refractivity contribution >= 4 is 69.2 Å². The number of piperazine rings is 1. The number of nitrogens with zero attached hydrogens (tertiary/aromatic N) is 5. The minimum Gasteiger partial charge on any atom is -0.399 e. The summed E-state index contributed by atoms with van der Waals surface area (Å²) in [6.07, 6.45) is 9.65. The van der Waals surface area contributed by atoms with Crippen LogP contribution in [0.25, 0.3) is 10.9 Å². The average molecular weight is 1040 g/mol. The number of hydrogen-bond donors (Lipinski definition) is 7. The Balaban J connectivity index is 0.690. The number of H-pyrrole nitrogens is 1. The molecule has 5 heterocycles. The smallest absolute Gasteiger partial charge is 0.264 e. The van der Waals surface area contributed by atoms with Gasteiger partial charge in [-0.1, -0.05) is 37.8 Å². The van der Waals surface area contributed by atoms with Crippen LogP contribution in [0.1, 0.15) is 113 Å². The maximum Gasteiger partial charge on any atom is 0.264 e. The Kier molecular flexibility index (Phi) is 16.8. The normalized spacial score (nSPS) is 17.3. The van der Waals surface area contributed by atoms with E-state index in [2.05, 4.69) is 36.4 Å². The van der Waals surface area contributed by atoms with Gasteiger partial charge in [0.05, 0.1) is 28.8 Å². The van der Waals surface area contributed by atoms with Gasteiger partial charge in [-0.25, -0.2) is 14.6 Å². The molecule has 9 N–H and O–H groups in total. The first-order chi connectivity index (χ1) is 36.8. The Morgan fingerprint density at radius 3 is 2.34 bits per heavy atom. The van der Waals surface area contributed by atoms with Crippen molar-refractivity contribution in [2.75, 3.05) is 73.3 Å². The van der Waals surface area contributed by atoms with E-state index in [1.54, 1.807) is 18.3 Å². The maximum absolute atomic E-state index is 14.0. The number of ether oxygens (including phenoxy) is 1. The van der Waals surface area contributed by atoms with Crippen LogP contribution >= 0.6 is 0 Å². The molecular formula is C55H64F2N12O7. The zero-order chi connectivity index (χ0) is 53.3. The second-order valence-corrected chi connectivity index (χ2v) is 19.8. The number of unbranched alkanes of at least 4 members (excludes halogenated alkanes) is 5. The molecule has 76 heavy (non-hydrogen) atoms. The average Bonchev–Trinajstić information content (AvgIpc) is 3.97. The number of hydrogen-bond acceptors (Lipinski definition) is 14. The molecular weight excluding hydrogens is 979 g/mol. The lowest BCUT2D eigenvalue weighted by molar-refractivity contribution is -0.136. The molecule has 6 amide bonds. The molecule has 400 valence electrons. The van der Waals surface area contributed by atoms with Crippen LogP contribution in [0, 0.1) is 11.6 Å². The van der Waals surface area contributed by atoms with E-state index < -0.39 is 41.3 Å². The van der Waals surface area contributed by atoms with E-state index in [1.165, 1.54) is 23.2 Å². The zero-order valence-corrected chi connectivity index (χ0v) is 42.3. The number of nitrogens with one attached hydrogen (secondary N) is 5. The Morgan fingerprint density at radius 1 is 0.829 bits per heavy atom. The summed E-state index contributed by atoms with van der Waals surface area (Å²) in [6.45, 7) is 4.46. The van der Waals surface area contributed by atoms with E-state index in [0.29, 0.717) is 104 Å². The molecule has 3 fully saturated rings. The first kappa shape index (κ1) is 52.9. The van der Waals surface area contributed by atoms with Crippen LogP contribution in [0.4, 0.5) is 31.7 Å². The SMILES string of the molecule is N/C(=C\N(N)CCCCCCCCC(=O)N1CCN(c2ccc(C(=O)Nc3n[nH]c4ccc(Cc5cc(F)cc(F)c5)cc34)c(NC3CCOCC3)c2)CC1)CNc1cccc2c1C(=O)N(C1CCC(=O)NC1=O)C2=O. The fraction of sp³-hybridized carbons (Fsp3) is 0.400. The van der Waals surface area contributed by atoms with Crippen LogP contribution in [0.3, 0.4) is 0 Å². The monoisotopic (exact) mass is 1040 g/mol. The van der Waals surface area contributed by atoms with Gasteiger partial charge in [0.1, 0.15) is 17.7 Å². The van der Waals surface area contributed by atoms with Crippen molar-refractivity contribution in [3.8, 4) is 0 Å². The van der Waals surface area contributed by atoms with Gasteiger partial charge in [0.15, 0.2) is 5.82 Å². The standard InChI is InChI=1S/C55H64F2N12O7/c56-36-27-35(28-37(57)30-36)26-34-11-14-44-43(29-34)51(65-64-44)63-52(72)41-13-12-40(31-46(41)61-39-17-24-76-25-18-39)66-20-22-67(23-21-66)49(71)10-5-3-1-2-4-6-19-68(59)33-38(58)32-60-45-9-7-8-42-50(45)55(75)69(54(42)74)47-15-16-48(70)62-53(47)73/h7-9,11-14,27-31,33,39,47,60-61H,1-6,10,15-26,32,58-59H2,(H,62,70,73)(H2,63,64,65,72)/b38-33-. The fourth-order valence-corrected chi connectivity index (χ4v) is 10.3. The minimum absolute atomic E-state index is 0.0357. The van der Waals surface area contributed by atoms with Gasteiger partial charge in [0.2, 0.25) is 17.7 Å². The van der Waals surface area contributed by atoms with E-state index in [4.69, 9.17) is 16.3 Å². The summed E-state index contributed by atoms with van der Waals surface area (Å²) in [6, 6.07) is 18.6. The number of rotatable bonds is 21. The molecule has 0 aliphatic carbocycles. The van der Waals surface area contributed by atoms with E-state index in [1.807, 2.05) is 41.3 Å². The van der Waals surface area contributed by atoms with E-state index >= 15 is 0 Å². The van der Waals surface area contributed by atoms with Gasteiger partial charge in [0, 0.05) is 105 Å². The third-order valence-electron chi connectivity index (χ3n) is 14.4. The van der Waals surface area contributed by atoms with Crippen molar-refractivity contribution in [2.24, 2.45) is 11.6 Å². The Hall–Kier alpha value is -7.91. The highest BCUT2D eigenvalue weighted by atomic mass is 19.1. The van der Waals surface area contributed by atoms with Crippen molar-refractivity contribution in [1.29, 1.82) is 0 Å². The number of fused-ring (bicyclic) bond motifs is 2. The predicted molar refractivity (Wildman–Crippen MR) is 283 cm³/mol. The molecule has 1 atom stereocenters. The largest absolute Gasteiger partial charge is 0.399 e. The quantitative estimate of drug-likeness (QED) is 0.0189. The number of benzene rings is 4. The lowest BCUT2D eigenvalue weighted by Gasteiger charge is -2.36. The molecule has 1 aromatic heterocycles. The lowest BCUT2D eigenvalue weighted by atomic mass is 10.0. The maximum atomic E-state index is 14.0. The third-order valence-corrected chi connectivity index (χ3v) is 14.4. The second-order valence-electron chi connectivity index (χ2n) is 19.8. The number of carbonyl (C=O) groups excluding carboxylic acids is 6. The molecule has 0 bridgehead atoms. The van der Waals surface area contributed by atoms with Crippen molar-refractivity contribution in [3.63, 3.8) is 0 Å². The fourth-order valence-electron chi connectivity index (χ4n) is 10.3. The first-order valence-electron chi connectivity index (χ1n) is 26.1. The highest BCUT2D eigenvalue weighted by molar-refractivity contribution is 6.25. The summed E-state index contributed by atoms with van der Waals surface area (Å²) in [7, 11) is 0. The molecule has 5 aromatic rings. The molecule has 9 rings (SSSR count). The van der Waals surface area contributed by atoms with E-state index in [0.717, 1.165) is 73.6 Å². The number of amides is 6. The molecule has 0 spiro atoms. The number of piperidine rings is 1. The molecule has 4 aliphatic rings. The number of imide groups is 2. The topological polar surface area (TPSA) is 253 Å². The molecule has 21 heteroatoms. The van der Waals surface area contributed by atoms with Gasteiger partial charge < -0.3 is 41.2 Å². The number of halogens is 2. The predicted octanol–water partition coefficient (Wildman–Crippen LogP) is 6.14. The summed E-state index contributed by atoms with van der Waals surface area (Å²) in [4.78, 5) is 83.1. The van der Waals surface area contributed by atoms with Crippen molar-refractivity contribution in [2.45, 2.75) is 89.1 Å². The van der Waals surface area contributed by atoms with Crippen LogP contribution in [0.15, 0.2) is 84.7 Å². The molecule has 0 radical (unpaired) electrons. The summed E-state index contributed by atoms with van der Waals surface area (Å²) in [5.74, 6) is 2.79. The third kappa shape index (κ3) is 12.8. The number of nitrogens with two attached hydrogens (primary N) is 2. The van der Waals surface area contributed by atoms with Gasteiger partial charge in [-0.3, -0.25) is 44.1 Å². The van der Waals surface area contributed by atoms with Gasteiger partial charge in [0.25, 0.3) is 17.7 Å². The van der Waals surface area contributed by atoms with Gasteiger partial charge in [-0.15, -0.1) is 0 Å². The van der Waals surface area contributed by atoms with Crippen LogP contribution in [0.5, 0.6) is 0 Å². The number of anilines is 4. The van der Waals surface area contributed by atoms with Crippen LogP contribution in [-0.2, 0) is 25.5 Å². The molecule has 1 unspecified atom stereocenters. The summed E-state index contributed by atoms with van der Waals surface area (Å²) in [5.41, 5.74) is 11.5. The minimum atomic E-state index is -1.06. The van der Waals surface area contributed by atoms with Crippen LogP contribution in [0.2, 0.25) is 0 Å². The number of hydrazine groups is 1. The number of aromatic amines is 1. The molecule has 4 aliphatic heterocycles. The Labute approximate surface area is 438 Å². The first-order valence-corrected chi connectivity index (χ1v) is 26.1. The highest BCUT2D eigenvalue weighted by Gasteiger charge is 2.45. The number of carbonyl (C=O) groups is 6. The molecule has 4 aromatic carbocycles. The number of aromatic nitrogens is 2. The van der Waals surface area contributed by atoms with Crippen LogP contribution in [-0.4, -0.2) is 125 Å². The zero-order valence-electron chi connectivity index (χ0n) is 42.3. The highest BCUT2D eigenvalue weighted by Crippen LogP contribution is 2.33. The van der Waals surface area contributed by atoms with Gasteiger partial charge >= 0.3 is 0 Å². The second kappa shape index (κ2) is 24.2. The molecule has 19 nitrogen and oxygen atoms in total. The summed E-state index contributed by atoms with van der Waals surface area (Å²) >= 11 is 0. The summed E-state index contributed by atoms with van der Waals surface area (Å²) < 4.78 is 33.4. The van der Waals surface area contributed by atoms with Crippen molar-refractivity contribution < 1.29 is 42.3 Å². The molecule has 3 saturated heterocycles.